The van der Waals surface area contributed by atoms with E-state index in [2.05, 4.69) is 20.8 Å². The summed E-state index contributed by atoms with van der Waals surface area (Å²) in [5.74, 6) is 0.0355. The van der Waals surface area contributed by atoms with Crippen molar-refractivity contribution < 1.29 is 14.4 Å². The molecule has 1 fully saturated rings. The quantitative estimate of drug-likeness (QED) is 0.545. The Morgan fingerprint density at radius 2 is 2.03 bits per heavy atom. The molecule has 1 aromatic heterocycles. The molecule has 3 amide bonds. The first-order valence-corrected chi connectivity index (χ1v) is 10.5. The lowest BCUT2D eigenvalue weighted by molar-refractivity contribution is -0.129. The topological polar surface area (TPSA) is 112 Å². The van der Waals surface area contributed by atoms with E-state index < -0.39 is 6.04 Å². The molecule has 2 aliphatic rings. The van der Waals surface area contributed by atoms with Gasteiger partial charge in [0, 0.05) is 31.1 Å². The Kier molecular flexibility index (Phi) is 5.67. The molecule has 30 heavy (non-hydrogen) atoms. The number of nitrogens with zero attached hydrogens (tertiary/aromatic N) is 3. The number of H-pyrrole nitrogens is 1. The number of aromatic amines is 1. The molecule has 3 N–H and O–H groups in total. The fraction of sp³-hybridized carbons (Fsp3) is 0.450. The van der Waals surface area contributed by atoms with E-state index >= 15 is 0 Å². The molecule has 1 aliphatic heterocycles. The van der Waals surface area contributed by atoms with Crippen LogP contribution in [-0.2, 0) is 22.6 Å². The van der Waals surface area contributed by atoms with Gasteiger partial charge in [-0.2, -0.15) is 5.10 Å². The second kappa shape index (κ2) is 8.39. The number of amides is 3. The maximum absolute atomic E-state index is 12.9. The molecule has 1 atom stereocenters. The van der Waals surface area contributed by atoms with E-state index in [4.69, 9.17) is 12.2 Å². The molecule has 4 rings (SSSR count). The van der Waals surface area contributed by atoms with Crippen molar-refractivity contribution in [3.63, 3.8) is 0 Å². The SMILES string of the molecule is CCn1c(CCNC(=O)CNC(=O)C2c3ccccc3C(=O)N2C2CC2)n[nH]c1=S. The minimum atomic E-state index is -0.674. The summed E-state index contributed by atoms with van der Waals surface area (Å²) in [5.41, 5.74) is 1.27. The third-order valence-corrected chi connectivity index (χ3v) is 5.75. The summed E-state index contributed by atoms with van der Waals surface area (Å²) in [6.45, 7) is 2.91. The number of benzene rings is 1. The van der Waals surface area contributed by atoms with Crippen LogP contribution in [0.1, 0.15) is 47.6 Å². The van der Waals surface area contributed by atoms with Crippen LogP contribution in [0.3, 0.4) is 0 Å². The van der Waals surface area contributed by atoms with E-state index in [1.165, 1.54) is 0 Å². The van der Waals surface area contributed by atoms with Crippen LogP contribution in [0.2, 0.25) is 0 Å². The predicted molar refractivity (Wildman–Crippen MR) is 111 cm³/mol. The number of carbonyl (C=O) groups is 3. The maximum atomic E-state index is 12.9. The zero-order chi connectivity index (χ0) is 21.3. The fourth-order valence-corrected chi connectivity index (χ4v) is 4.12. The van der Waals surface area contributed by atoms with Crippen LogP contribution in [0.15, 0.2) is 24.3 Å². The zero-order valence-corrected chi connectivity index (χ0v) is 17.5. The molecule has 1 aliphatic carbocycles. The van der Waals surface area contributed by atoms with E-state index in [0.717, 1.165) is 18.7 Å². The van der Waals surface area contributed by atoms with Gasteiger partial charge < -0.3 is 20.1 Å². The number of fused-ring (bicyclic) bond motifs is 1. The Morgan fingerprint density at radius 3 is 2.77 bits per heavy atom. The van der Waals surface area contributed by atoms with Crippen molar-refractivity contribution in [3.05, 3.63) is 46.0 Å². The van der Waals surface area contributed by atoms with Crippen LogP contribution < -0.4 is 10.6 Å². The Balaban J connectivity index is 1.32. The summed E-state index contributed by atoms with van der Waals surface area (Å²) in [6, 6.07) is 6.60. The third-order valence-electron chi connectivity index (χ3n) is 5.43. The largest absolute Gasteiger partial charge is 0.354 e. The van der Waals surface area contributed by atoms with Gasteiger partial charge in [-0.05, 0) is 43.6 Å². The van der Waals surface area contributed by atoms with Gasteiger partial charge in [0.15, 0.2) is 4.77 Å². The van der Waals surface area contributed by atoms with Crippen molar-refractivity contribution in [3.8, 4) is 0 Å². The first-order chi connectivity index (χ1) is 14.5. The summed E-state index contributed by atoms with van der Waals surface area (Å²) in [5, 5.41) is 12.4. The van der Waals surface area contributed by atoms with Gasteiger partial charge in [0.2, 0.25) is 11.8 Å². The van der Waals surface area contributed by atoms with Gasteiger partial charge in [0.25, 0.3) is 5.91 Å². The van der Waals surface area contributed by atoms with Crippen molar-refractivity contribution in [1.82, 2.24) is 30.3 Å². The van der Waals surface area contributed by atoms with Gasteiger partial charge in [-0.3, -0.25) is 19.5 Å². The lowest BCUT2D eigenvalue weighted by Gasteiger charge is -2.24. The van der Waals surface area contributed by atoms with E-state index in [-0.39, 0.29) is 30.3 Å². The highest BCUT2D eigenvalue weighted by atomic mass is 32.1. The molecule has 0 saturated heterocycles. The standard InChI is InChI=1S/C20H24N6O3S/c1-2-25-15(23-24-20(25)30)9-10-21-16(27)11-22-18(28)17-13-5-3-4-6-14(13)19(29)26(17)12-7-8-12/h3-6,12,17H,2,7-11H2,1H3,(H,21,27)(H,22,28)(H,24,30). The summed E-state index contributed by atoms with van der Waals surface area (Å²) in [7, 11) is 0. The number of nitrogens with one attached hydrogen (secondary N) is 3. The molecule has 9 nitrogen and oxygen atoms in total. The van der Waals surface area contributed by atoms with Gasteiger partial charge in [0.1, 0.15) is 11.9 Å². The van der Waals surface area contributed by atoms with Crippen molar-refractivity contribution in [2.45, 2.75) is 44.8 Å². The highest BCUT2D eigenvalue weighted by molar-refractivity contribution is 7.71. The average molecular weight is 429 g/mol. The van der Waals surface area contributed by atoms with E-state index in [0.29, 0.717) is 35.4 Å². The minimum absolute atomic E-state index is 0.0999. The minimum Gasteiger partial charge on any atom is -0.354 e. The van der Waals surface area contributed by atoms with Gasteiger partial charge >= 0.3 is 0 Å². The predicted octanol–water partition coefficient (Wildman–Crippen LogP) is 1.09. The van der Waals surface area contributed by atoms with E-state index in [1.807, 2.05) is 17.6 Å². The van der Waals surface area contributed by atoms with Crippen molar-refractivity contribution in [2.24, 2.45) is 0 Å². The molecule has 0 radical (unpaired) electrons. The molecule has 1 saturated carbocycles. The molecule has 1 unspecified atom stereocenters. The van der Waals surface area contributed by atoms with Crippen LogP contribution in [0, 0.1) is 4.77 Å². The first-order valence-electron chi connectivity index (χ1n) is 10.1. The van der Waals surface area contributed by atoms with E-state index in [1.54, 1.807) is 23.1 Å². The monoisotopic (exact) mass is 428 g/mol. The Labute approximate surface area is 178 Å². The molecule has 2 heterocycles. The van der Waals surface area contributed by atoms with Gasteiger partial charge in [-0.25, -0.2) is 0 Å². The summed E-state index contributed by atoms with van der Waals surface area (Å²) >= 11 is 5.15. The summed E-state index contributed by atoms with van der Waals surface area (Å²) in [4.78, 5) is 39.4. The van der Waals surface area contributed by atoms with Gasteiger partial charge in [-0.1, -0.05) is 18.2 Å². The molecular weight excluding hydrogens is 404 g/mol. The number of hydrogen-bond donors (Lipinski definition) is 3. The van der Waals surface area contributed by atoms with Crippen molar-refractivity contribution in [2.75, 3.05) is 13.1 Å². The summed E-state index contributed by atoms with van der Waals surface area (Å²) < 4.78 is 2.42. The third kappa shape index (κ3) is 3.87. The molecule has 158 valence electrons. The summed E-state index contributed by atoms with van der Waals surface area (Å²) in [6.07, 6.45) is 2.34. The lowest BCUT2D eigenvalue weighted by atomic mass is 10.0. The van der Waals surface area contributed by atoms with Crippen LogP contribution in [0.5, 0.6) is 0 Å². The molecular formula is C20H24N6O3S. The number of aromatic nitrogens is 3. The number of carbonyl (C=O) groups excluding carboxylic acids is 3. The van der Waals surface area contributed by atoms with Crippen LogP contribution in [-0.4, -0.2) is 56.5 Å². The normalized spacial score (nSPS) is 17.7. The van der Waals surface area contributed by atoms with Gasteiger partial charge in [0.05, 0.1) is 6.54 Å². The average Bonchev–Trinajstić information content (AvgIpc) is 3.46. The van der Waals surface area contributed by atoms with Crippen molar-refractivity contribution in [1.29, 1.82) is 0 Å². The molecule has 1 aromatic carbocycles. The van der Waals surface area contributed by atoms with Crippen molar-refractivity contribution >= 4 is 29.9 Å². The van der Waals surface area contributed by atoms with E-state index in [9.17, 15) is 14.4 Å². The Morgan fingerprint density at radius 1 is 1.27 bits per heavy atom. The van der Waals surface area contributed by atoms with Crippen LogP contribution >= 0.6 is 12.2 Å². The van der Waals surface area contributed by atoms with Gasteiger partial charge in [-0.15, -0.1) is 0 Å². The molecule has 0 spiro atoms. The Hall–Kier alpha value is -3.01. The second-order valence-electron chi connectivity index (χ2n) is 7.44. The fourth-order valence-electron chi connectivity index (χ4n) is 3.84. The highest BCUT2D eigenvalue weighted by Crippen LogP contribution is 2.41. The zero-order valence-electron chi connectivity index (χ0n) is 16.7. The smallest absolute Gasteiger partial charge is 0.255 e. The van der Waals surface area contributed by atoms with Crippen LogP contribution in [0.4, 0.5) is 0 Å². The van der Waals surface area contributed by atoms with Crippen LogP contribution in [0.25, 0.3) is 0 Å². The molecule has 2 aromatic rings. The Bertz CT molecular complexity index is 1040. The first kappa shape index (κ1) is 20.3. The lowest BCUT2D eigenvalue weighted by Crippen LogP contribution is -2.44. The second-order valence-corrected chi connectivity index (χ2v) is 7.83. The number of rotatable bonds is 8. The maximum Gasteiger partial charge on any atom is 0.255 e. The number of hydrogen-bond acceptors (Lipinski definition) is 5. The molecule has 0 bridgehead atoms. The highest BCUT2D eigenvalue weighted by Gasteiger charge is 2.47. The molecule has 10 heteroatoms.